The molecule has 0 amide bonds. The van der Waals surface area contributed by atoms with Gasteiger partial charge in [-0.25, -0.2) is 0 Å². The van der Waals surface area contributed by atoms with Crippen LogP contribution in [0.2, 0.25) is 0 Å². The molecule has 6 heteroatoms. The lowest BCUT2D eigenvalue weighted by Gasteiger charge is -1.98. The van der Waals surface area contributed by atoms with Gasteiger partial charge < -0.3 is 20.4 Å². The third-order valence-corrected chi connectivity index (χ3v) is 3.08. The number of phenolic OH excluding ortho intramolecular Hbond substituents is 2. The number of rotatable bonds is 6. The quantitative estimate of drug-likeness (QED) is 0.646. The van der Waals surface area contributed by atoms with Crippen molar-refractivity contribution in [3.05, 3.63) is 59.7 Å². The van der Waals surface area contributed by atoms with E-state index in [4.69, 9.17) is 20.4 Å². The van der Waals surface area contributed by atoms with Gasteiger partial charge in [0.15, 0.2) is 0 Å². The number of hydrogen-bond donors (Lipinski definition) is 4. The molecule has 2 rings (SSSR count). The smallest absolute Gasteiger partial charge is 0.303 e. The van der Waals surface area contributed by atoms with E-state index in [0.29, 0.717) is 12.8 Å². The lowest BCUT2D eigenvalue weighted by atomic mass is 10.1. The molecular weight excluding hydrogens is 312 g/mol. The van der Waals surface area contributed by atoms with Crippen molar-refractivity contribution in [2.45, 2.75) is 25.7 Å². The molecule has 0 atom stereocenters. The number of aliphatic carboxylic acids is 2. The predicted octanol–water partition coefficient (Wildman–Crippen LogP) is 2.82. The average Bonchev–Trinajstić information content (AvgIpc) is 2.52. The summed E-state index contributed by atoms with van der Waals surface area (Å²) in [5.74, 6) is -1.28. The molecule has 0 saturated carbocycles. The molecule has 6 nitrogen and oxygen atoms in total. The maximum absolute atomic E-state index is 10.2. The molecule has 2 aromatic rings. The number of phenols is 2. The van der Waals surface area contributed by atoms with Crippen LogP contribution in [0.5, 0.6) is 11.5 Å². The molecular formula is C18H20O6. The minimum Gasteiger partial charge on any atom is -0.508 e. The molecule has 0 aromatic heterocycles. The first-order valence-corrected chi connectivity index (χ1v) is 7.36. The lowest BCUT2D eigenvalue weighted by Crippen LogP contribution is -1.96. The molecule has 0 radical (unpaired) electrons. The van der Waals surface area contributed by atoms with Crippen molar-refractivity contribution in [3.63, 3.8) is 0 Å². The molecule has 0 bridgehead atoms. The standard InChI is InChI=1S/2C9H10O3/c2*10-8-3-1-2-7(6-8)4-5-9(11)12/h2*1-3,6,10H,4-5H2,(H,11,12). The summed E-state index contributed by atoms with van der Waals surface area (Å²) in [5, 5.41) is 34.8. The Morgan fingerprint density at radius 3 is 1.38 bits per heavy atom. The predicted molar refractivity (Wildman–Crippen MR) is 88.1 cm³/mol. The monoisotopic (exact) mass is 332 g/mol. The van der Waals surface area contributed by atoms with Crippen LogP contribution in [-0.4, -0.2) is 32.4 Å². The first-order valence-electron chi connectivity index (χ1n) is 7.36. The largest absolute Gasteiger partial charge is 0.508 e. The second kappa shape index (κ2) is 9.89. The van der Waals surface area contributed by atoms with E-state index in [1.54, 1.807) is 48.5 Å². The van der Waals surface area contributed by atoms with Crippen LogP contribution in [0.4, 0.5) is 0 Å². The van der Waals surface area contributed by atoms with Crippen LogP contribution in [0.1, 0.15) is 24.0 Å². The molecule has 0 unspecified atom stereocenters. The summed E-state index contributed by atoms with van der Waals surface area (Å²) in [6.45, 7) is 0. The van der Waals surface area contributed by atoms with E-state index >= 15 is 0 Å². The molecule has 4 N–H and O–H groups in total. The molecule has 0 spiro atoms. The number of carbonyl (C=O) groups is 2. The van der Waals surface area contributed by atoms with Crippen LogP contribution in [0.15, 0.2) is 48.5 Å². The first kappa shape index (κ1) is 19.0. The summed E-state index contributed by atoms with van der Waals surface area (Å²) in [4.78, 5) is 20.4. The SMILES string of the molecule is O=C(O)CCc1cccc(O)c1.O=C(O)CCc1cccc(O)c1. The summed E-state index contributed by atoms with van der Waals surface area (Å²) in [7, 11) is 0. The van der Waals surface area contributed by atoms with E-state index in [1.165, 1.54) is 0 Å². The number of benzene rings is 2. The van der Waals surface area contributed by atoms with Gasteiger partial charge in [-0.15, -0.1) is 0 Å². The van der Waals surface area contributed by atoms with Crippen LogP contribution < -0.4 is 0 Å². The maximum atomic E-state index is 10.2. The summed E-state index contributed by atoms with van der Waals surface area (Å²) in [5.41, 5.74) is 1.69. The fourth-order valence-corrected chi connectivity index (χ4v) is 1.93. The number of aryl methyl sites for hydroxylation is 2. The zero-order valence-corrected chi connectivity index (χ0v) is 13.1. The summed E-state index contributed by atoms with van der Waals surface area (Å²) in [6.07, 6.45) is 1.13. The number of carboxylic acids is 2. The Bertz CT molecular complexity index is 621. The lowest BCUT2D eigenvalue weighted by molar-refractivity contribution is -0.138. The van der Waals surface area contributed by atoms with Gasteiger partial charge in [0.1, 0.15) is 11.5 Å². The Labute approximate surface area is 139 Å². The Kier molecular flexibility index (Phi) is 7.84. The third-order valence-electron chi connectivity index (χ3n) is 3.08. The van der Waals surface area contributed by atoms with Crippen molar-refractivity contribution in [1.82, 2.24) is 0 Å². The van der Waals surface area contributed by atoms with Crippen LogP contribution in [-0.2, 0) is 22.4 Å². The number of aromatic hydroxyl groups is 2. The van der Waals surface area contributed by atoms with Gasteiger partial charge in [-0.2, -0.15) is 0 Å². The van der Waals surface area contributed by atoms with Crippen molar-refractivity contribution in [2.24, 2.45) is 0 Å². The first-order chi connectivity index (χ1) is 11.4. The Hall–Kier alpha value is -3.02. The molecule has 0 saturated heterocycles. The number of hydrogen-bond acceptors (Lipinski definition) is 4. The average molecular weight is 332 g/mol. The van der Waals surface area contributed by atoms with Crippen molar-refractivity contribution >= 4 is 11.9 Å². The summed E-state index contributed by atoms with van der Waals surface area (Å²) in [6, 6.07) is 13.3. The van der Waals surface area contributed by atoms with Gasteiger partial charge in [-0.05, 0) is 48.2 Å². The van der Waals surface area contributed by atoms with Crippen molar-refractivity contribution in [3.8, 4) is 11.5 Å². The summed E-state index contributed by atoms with van der Waals surface area (Å²) >= 11 is 0. The minimum absolute atomic E-state index is 0.101. The zero-order chi connectivity index (χ0) is 17.9. The van der Waals surface area contributed by atoms with E-state index in [-0.39, 0.29) is 24.3 Å². The highest BCUT2D eigenvalue weighted by atomic mass is 16.4. The van der Waals surface area contributed by atoms with Crippen LogP contribution in [0, 0.1) is 0 Å². The van der Waals surface area contributed by atoms with E-state index in [1.807, 2.05) is 0 Å². The molecule has 2 aromatic carbocycles. The van der Waals surface area contributed by atoms with E-state index in [9.17, 15) is 9.59 Å². The maximum Gasteiger partial charge on any atom is 0.303 e. The fraction of sp³-hybridized carbons (Fsp3) is 0.222. The molecule has 0 aliphatic rings. The van der Waals surface area contributed by atoms with Gasteiger partial charge >= 0.3 is 11.9 Å². The Morgan fingerprint density at radius 1 is 0.708 bits per heavy atom. The van der Waals surface area contributed by atoms with Crippen LogP contribution >= 0.6 is 0 Å². The summed E-state index contributed by atoms with van der Waals surface area (Å²) < 4.78 is 0. The van der Waals surface area contributed by atoms with Gasteiger partial charge in [-0.1, -0.05) is 24.3 Å². The second-order valence-corrected chi connectivity index (χ2v) is 5.13. The normalized spacial score (nSPS) is 9.67. The van der Waals surface area contributed by atoms with Gasteiger partial charge in [0.2, 0.25) is 0 Å². The van der Waals surface area contributed by atoms with E-state index < -0.39 is 11.9 Å². The van der Waals surface area contributed by atoms with Gasteiger partial charge in [0.05, 0.1) is 0 Å². The van der Waals surface area contributed by atoms with Crippen LogP contribution in [0.25, 0.3) is 0 Å². The van der Waals surface area contributed by atoms with Crippen molar-refractivity contribution in [1.29, 1.82) is 0 Å². The molecule has 0 aliphatic heterocycles. The van der Waals surface area contributed by atoms with E-state index in [0.717, 1.165) is 11.1 Å². The highest BCUT2D eigenvalue weighted by molar-refractivity contribution is 5.67. The van der Waals surface area contributed by atoms with Gasteiger partial charge in [-0.3, -0.25) is 9.59 Å². The fourth-order valence-electron chi connectivity index (χ4n) is 1.93. The Morgan fingerprint density at radius 2 is 1.08 bits per heavy atom. The molecule has 128 valence electrons. The van der Waals surface area contributed by atoms with Gasteiger partial charge in [0, 0.05) is 12.8 Å². The highest BCUT2D eigenvalue weighted by Gasteiger charge is 1.99. The minimum atomic E-state index is -0.821. The Balaban J connectivity index is 0.000000240. The van der Waals surface area contributed by atoms with Crippen LogP contribution in [0.3, 0.4) is 0 Å². The van der Waals surface area contributed by atoms with Crippen molar-refractivity contribution in [2.75, 3.05) is 0 Å². The molecule has 0 fully saturated rings. The highest BCUT2D eigenvalue weighted by Crippen LogP contribution is 2.12. The zero-order valence-electron chi connectivity index (χ0n) is 13.1. The van der Waals surface area contributed by atoms with Crippen molar-refractivity contribution < 1.29 is 30.0 Å². The molecule has 0 aliphatic carbocycles. The molecule has 0 heterocycles. The third kappa shape index (κ3) is 8.43. The second-order valence-electron chi connectivity index (χ2n) is 5.13. The molecule has 24 heavy (non-hydrogen) atoms. The topological polar surface area (TPSA) is 115 Å². The van der Waals surface area contributed by atoms with Gasteiger partial charge in [0.25, 0.3) is 0 Å². The number of carboxylic acid groups (broad SMARTS) is 2. The van der Waals surface area contributed by atoms with E-state index in [2.05, 4.69) is 0 Å².